The van der Waals surface area contributed by atoms with Crippen LogP contribution in [0.1, 0.15) is 38.4 Å². The van der Waals surface area contributed by atoms with E-state index >= 15 is 0 Å². The molecule has 21 heavy (non-hydrogen) atoms. The van der Waals surface area contributed by atoms with E-state index in [0.29, 0.717) is 21.8 Å². The van der Waals surface area contributed by atoms with Crippen LogP contribution in [0, 0.1) is 11.3 Å². The minimum Gasteiger partial charge on any atom is -0.506 e. The number of thiocarbonyl (C=S) groups is 1. The molecule has 0 radical (unpaired) electrons. The molecule has 0 fully saturated rings. The highest BCUT2D eigenvalue weighted by Gasteiger charge is 2.26. The molecule has 0 aliphatic carbocycles. The number of carbonyl (C=O) groups is 1. The van der Waals surface area contributed by atoms with E-state index in [1.54, 1.807) is 6.20 Å². The SMILES string of the molecule is CC(C)(C)c1ncc(C2=C(C#N)C(=O)NC(=S)C2)cc1O. The Labute approximate surface area is 128 Å². The maximum absolute atomic E-state index is 11.8. The Bertz CT molecular complexity index is 709. The van der Waals surface area contributed by atoms with Crippen molar-refractivity contribution < 1.29 is 9.90 Å². The maximum atomic E-state index is 11.8. The first-order valence-corrected chi connectivity index (χ1v) is 6.82. The summed E-state index contributed by atoms with van der Waals surface area (Å²) in [5.41, 5.74) is 1.30. The molecule has 1 aliphatic heterocycles. The van der Waals surface area contributed by atoms with Gasteiger partial charge in [0.1, 0.15) is 17.4 Å². The van der Waals surface area contributed by atoms with Gasteiger partial charge in [-0.3, -0.25) is 9.78 Å². The molecule has 0 unspecified atom stereocenters. The van der Waals surface area contributed by atoms with Crippen LogP contribution >= 0.6 is 12.2 Å². The highest BCUT2D eigenvalue weighted by atomic mass is 32.1. The summed E-state index contributed by atoms with van der Waals surface area (Å²) >= 11 is 5.02. The standard InChI is InChI=1S/C15H15N3O2S/c1-15(2,3)13-11(19)4-8(7-17-13)9-5-12(21)18-14(20)10(9)6-16/h4,7,19H,5H2,1-3H3,(H,18,20,21). The van der Waals surface area contributed by atoms with Crippen molar-refractivity contribution >= 4 is 28.7 Å². The maximum Gasteiger partial charge on any atom is 0.267 e. The van der Waals surface area contributed by atoms with Gasteiger partial charge in [0.15, 0.2) is 0 Å². The molecule has 2 rings (SSSR count). The Morgan fingerprint density at radius 2 is 2.14 bits per heavy atom. The lowest BCUT2D eigenvalue weighted by Crippen LogP contribution is -2.34. The van der Waals surface area contributed by atoms with Crippen molar-refractivity contribution in [1.29, 1.82) is 5.26 Å². The van der Waals surface area contributed by atoms with E-state index in [-0.39, 0.29) is 23.2 Å². The Morgan fingerprint density at radius 3 is 2.67 bits per heavy atom. The quantitative estimate of drug-likeness (QED) is 0.777. The highest BCUT2D eigenvalue weighted by Crippen LogP contribution is 2.33. The molecule has 0 bridgehead atoms. The van der Waals surface area contributed by atoms with Gasteiger partial charge in [0.2, 0.25) is 0 Å². The summed E-state index contributed by atoms with van der Waals surface area (Å²) in [5, 5.41) is 21.7. The van der Waals surface area contributed by atoms with Gasteiger partial charge in [-0.1, -0.05) is 33.0 Å². The smallest absolute Gasteiger partial charge is 0.267 e. The van der Waals surface area contributed by atoms with Crippen molar-refractivity contribution in [2.75, 3.05) is 0 Å². The van der Waals surface area contributed by atoms with Crippen LogP contribution in [0.2, 0.25) is 0 Å². The largest absolute Gasteiger partial charge is 0.506 e. The fourth-order valence-corrected chi connectivity index (χ4v) is 2.42. The minimum absolute atomic E-state index is 0.00769. The molecule has 2 heterocycles. The third-order valence-electron chi connectivity index (χ3n) is 3.16. The summed E-state index contributed by atoms with van der Waals surface area (Å²) in [6.07, 6.45) is 1.84. The van der Waals surface area contributed by atoms with Gasteiger partial charge in [-0.25, -0.2) is 0 Å². The van der Waals surface area contributed by atoms with Gasteiger partial charge in [0, 0.05) is 23.6 Å². The molecule has 0 aromatic carbocycles. The Morgan fingerprint density at radius 1 is 1.48 bits per heavy atom. The normalized spacial score (nSPS) is 15.7. The summed E-state index contributed by atoms with van der Waals surface area (Å²) in [6, 6.07) is 3.41. The zero-order valence-corrected chi connectivity index (χ0v) is 12.8. The zero-order valence-electron chi connectivity index (χ0n) is 12.0. The number of amides is 1. The van der Waals surface area contributed by atoms with Crippen LogP contribution in [-0.2, 0) is 10.2 Å². The lowest BCUT2D eigenvalue weighted by atomic mass is 9.89. The highest BCUT2D eigenvalue weighted by molar-refractivity contribution is 7.80. The van der Waals surface area contributed by atoms with Crippen LogP contribution < -0.4 is 5.32 Å². The van der Waals surface area contributed by atoms with Crippen LogP contribution in [0.4, 0.5) is 0 Å². The van der Waals surface area contributed by atoms with E-state index in [4.69, 9.17) is 17.5 Å². The Kier molecular flexibility index (Phi) is 3.79. The number of nitriles is 1. The fourth-order valence-electron chi connectivity index (χ4n) is 2.18. The first-order valence-electron chi connectivity index (χ1n) is 6.41. The lowest BCUT2D eigenvalue weighted by Gasteiger charge is -2.21. The molecule has 1 amide bonds. The fraction of sp³-hybridized carbons (Fsp3) is 0.333. The minimum atomic E-state index is -0.511. The van der Waals surface area contributed by atoms with Gasteiger partial charge in [0.05, 0.1) is 10.7 Å². The lowest BCUT2D eigenvalue weighted by molar-refractivity contribution is -0.115. The summed E-state index contributed by atoms with van der Waals surface area (Å²) in [4.78, 5) is 16.4. The molecule has 5 nitrogen and oxygen atoms in total. The third kappa shape index (κ3) is 2.93. The van der Waals surface area contributed by atoms with Crippen molar-refractivity contribution in [2.45, 2.75) is 32.6 Å². The molecule has 2 N–H and O–H groups in total. The van der Waals surface area contributed by atoms with Crippen LogP contribution in [0.3, 0.4) is 0 Å². The average molecular weight is 301 g/mol. The number of aromatic nitrogens is 1. The molecule has 1 aromatic heterocycles. The van der Waals surface area contributed by atoms with Crippen molar-refractivity contribution in [3.05, 3.63) is 29.1 Å². The second-order valence-electron chi connectivity index (χ2n) is 5.86. The summed E-state index contributed by atoms with van der Waals surface area (Å²) in [7, 11) is 0. The second kappa shape index (κ2) is 5.26. The van der Waals surface area contributed by atoms with Crippen LogP contribution in [0.5, 0.6) is 5.75 Å². The number of nitrogens with one attached hydrogen (secondary N) is 1. The molecule has 0 saturated heterocycles. The van der Waals surface area contributed by atoms with E-state index in [2.05, 4.69) is 10.3 Å². The topological polar surface area (TPSA) is 86.0 Å². The summed E-state index contributed by atoms with van der Waals surface area (Å²) < 4.78 is 0. The number of carbonyl (C=O) groups excluding carboxylic acids is 1. The van der Waals surface area contributed by atoms with Crippen molar-refractivity contribution in [3.8, 4) is 11.8 Å². The second-order valence-corrected chi connectivity index (χ2v) is 6.35. The predicted octanol–water partition coefficient (Wildman–Crippen LogP) is 2.21. The zero-order chi connectivity index (χ0) is 15.8. The Hall–Kier alpha value is -2.26. The predicted molar refractivity (Wildman–Crippen MR) is 82.5 cm³/mol. The van der Waals surface area contributed by atoms with Gasteiger partial charge in [0.25, 0.3) is 5.91 Å². The van der Waals surface area contributed by atoms with E-state index in [0.717, 1.165) is 0 Å². The van der Waals surface area contributed by atoms with Gasteiger partial charge in [-0.05, 0) is 11.6 Å². The third-order valence-corrected chi connectivity index (χ3v) is 3.40. The number of nitrogens with zero attached hydrogens (tertiary/aromatic N) is 2. The van der Waals surface area contributed by atoms with Gasteiger partial charge in [-0.2, -0.15) is 5.26 Å². The molecule has 108 valence electrons. The Balaban J connectivity index is 2.57. The molecule has 1 aromatic rings. The number of hydrogen-bond acceptors (Lipinski definition) is 5. The monoisotopic (exact) mass is 301 g/mol. The molecule has 6 heteroatoms. The van der Waals surface area contributed by atoms with E-state index in [1.807, 2.05) is 26.8 Å². The summed E-state index contributed by atoms with van der Waals surface area (Å²) in [6.45, 7) is 5.83. The molecular weight excluding hydrogens is 286 g/mol. The van der Waals surface area contributed by atoms with Gasteiger partial charge >= 0.3 is 0 Å². The number of hydrogen-bond donors (Lipinski definition) is 2. The average Bonchev–Trinajstić information content (AvgIpc) is 2.36. The van der Waals surface area contributed by atoms with Crippen LogP contribution in [-0.4, -0.2) is 21.0 Å². The number of rotatable bonds is 1. The first kappa shape index (κ1) is 15.1. The number of aromatic hydroxyl groups is 1. The summed E-state index contributed by atoms with van der Waals surface area (Å²) in [5.74, 6) is -0.468. The molecule has 0 atom stereocenters. The van der Waals surface area contributed by atoms with Gasteiger partial charge in [-0.15, -0.1) is 0 Å². The van der Waals surface area contributed by atoms with Crippen molar-refractivity contribution in [1.82, 2.24) is 10.3 Å². The van der Waals surface area contributed by atoms with E-state index < -0.39 is 5.91 Å². The molecular formula is C15H15N3O2S. The van der Waals surface area contributed by atoms with Crippen molar-refractivity contribution in [2.24, 2.45) is 0 Å². The molecule has 0 spiro atoms. The first-order chi connectivity index (χ1) is 9.74. The van der Waals surface area contributed by atoms with Crippen molar-refractivity contribution in [3.63, 3.8) is 0 Å². The van der Waals surface area contributed by atoms with Crippen LogP contribution in [0.25, 0.3) is 5.57 Å². The molecule has 1 aliphatic rings. The number of pyridine rings is 1. The van der Waals surface area contributed by atoms with E-state index in [9.17, 15) is 9.90 Å². The van der Waals surface area contributed by atoms with E-state index in [1.165, 1.54) is 6.07 Å². The van der Waals surface area contributed by atoms with Crippen LogP contribution in [0.15, 0.2) is 17.8 Å². The van der Waals surface area contributed by atoms with Gasteiger partial charge < -0.3 is 10.4 Å². The molecule has 0 saturated carbocycles.